The first-order valence-corrected chi connectivity index (χ1v) is 8.76. The summed E-state index contributed by atoms with van der Waals surface area (Å²) in [5, 5.41) is 3.40. The first-order valence-electron chi connectivity index (χ1n) is 8.76. The molecule has 2 N–H and O–H groups in total. The summed E-state index contributed by atoms with van der Waals surface area (Å²) in [5.41, 5.74) is 3.39. The number of carbonyl (C=O) groups is 1. The van der Waals surface area contributed by atoms with E-state index in [1.54, 1.807) is 12.1 Å². The van der Waals surface area contributed by atoms with E-state index in [9.17, 15) is 9.59 Å². The second kappa shape index (κ2) is 7.30. The molecule has 132 valence electrons. The number of aromatic amines is 1. The van der Waals surface area contributed by atoms with Gasteiger partial charge in [0.2, 0.25) is 5.43 Å². The molecule has 0 bridgehead atoms. The SMILES string of the molecule is O=C(Nc1ccccc1Cc1ccccc1)c1c[nH]c2ccccc2c1=O. The standard InChI is InChI=1S/C23H18N2O2/c26-22-18-11-5-7-13-21(18)24-15-19(22)23(27)25-20-12-6-4-10-17(20)14-16-8-2-1-3-9-16/h1-13,15H,14H2,(H,24,26)(H,25,27). The minimum Gasteiger partial charge on any atom is -0.360 e. The number of hydrogen-bond acceptors (Lipinski definition) is 2. The van der Waals surface area contributed by atoms with Gasteiger partial charge in [-0.2, -0.15) is 0 Å². The molecule has 0 aliphatic heterocycles. The number of amides is 1. The summed E-state index contributed by atoms with van der Waals surface area (Å²) in [7, 11) is 0. The van der Waals surface area contributed by atoms with Crippen molar-refractivity contribution >= 4 is 22.5 Å². The zero-order valence-electron chi connectivity index (χ0n) is 14.6. The lowest BCUT2D eigenvalue weighted by atomic mass is 10.0. The second-order valence-corrected chi connectivity index (χ2v) is 6.35. The first kappa shape index (κ1) is 16.8. The molecule has 27 heavy (non-hydrogen) atoms. The highest BCUT2D eigenvalue weighted by atomic mass is 16.2. The van der Waals surface area contributed by atoms with Gasteiger partial charge in [0.1, 0.15) is 5.56 Å². The molecule has 0 unspecified atom stereocenters. The normalized spacial score (nSPS) is 10.7. The van der Waals surface area contributed by atoms with Gasteiger partial charge in [-0.05, 0) is 35.7 Å². The van der Waals surface area contributed by atoms with Crippen molar-refractivity contribution in [2.75, 3.05) is 5.32 Å². The zero-order chi connectivity index (χ0) is 18.6. The van der Waals surface area contributed by atoms with Crippen molar-refractivity contribution in [3.05, 3.63) is 112 Å². The number of pyridine rings is 1. The van der Waals surface area contributed by atoms with Crippen molar-refractivity contribution in [2.24, 2.45) is 0 Å². The highest BCUT2D eigenvalue weighted by Crippen LogP contribution is 2.20. The highest BCUT2D eigenvalue weighted by Gasteiger charge is 2.14. The number of H-pyrrole nitrogens is 1. The number of carbonyl (C=O) groups excluding carboxylic acids is 1. The van der Waals surface area contributed by atoms with Gasteiger partial charge in [-0.15, -0.1) is 0 Å². The number of fused-ring (bicyclic) bond motifs is 1. The number of para-hydroxylation sites is 2. The summed E-state index contributed by atoms with van der Waals surface area (Å²) in [6, 6.07) is 24.9. The minimum atomic E-state index is -0.414. The van der Waals surface area contributed by atoms with Crippen molar-refractivity contribution in [3.8, 4) is 0 Å². The molecule has 1 aromatic heterocycles. The summed E-state index contributed by atoms with van der Waals surface area (Å²) in [5.74, 6) is -0.414. The lowest BCUT2D eigenvalue weighted by Gasteiger charge is -2.11. The maximum atomic E-state index is 12.8. The molecule has 0 atom stereocenters. The van der Waals surface area contributed by atoms with Gasteiger partial charge in [-0.1, -0.05) is 60.7 Å². The van der Waals surface area contributed by atoms with Crippen LogP contribution in [0.2, 0.25) is 0 Å². The van der Waals surface area contributed by atoms with Crippen molar-refractivity contribution < 1.29 is 4.79 Å². The molecule has 0 aliphatic carbocycles. The fourth-order valence-electron chi connectivity index (χ4n) is 3.14. The molecule has 1 heterocycles. The van der Waals surface area contributed by atoms with Crippen LogP contribution in [0.1, 0.15) is 21.5 Å². The van der Waals surface area contributed by atoms with E-state index in [0.717, 1.165) is 11.1 Å². The van der Waals surface area contributed by atoms with E-state index in [4.69, 9.17) is 0 Å². The summed E-state index contributed by atoms with van der Waals surface area (Å²) < 4.78 is 0. The molecule has 4 heteroatoms. The predicted molar refractivity (Wildman–Crippen MR) is 108 cm³/mol. The van der Waals surface area contributed by atoms with Crippen LogP contribution >= 0.6 is 0 Å². The third-order valence-corrected chi connectivity index (χ3v) is 4.54. The molecule has 0 aliphatic rings. The van der Waals surface area contributed by atoms with Crippen LogP contribution in [-0.2, 0) is 6.42 Å². The quantitative estimate of drug-likeness (QED) is 0.572. The maximum Gasteiger partial charge on any atom is 0.261 e. The van der Waals surface area contributed by atoms with Crippen LogP contribution in [0.5, 0.6) is 0 Å². The Morgan fingerprint density at radius 1 is 0.852 bits per heavy atom. The Hall–Kier alpha value is -3.66. The Labute approximate surface area is 156 Å². The van der Waals surface area contributed by atoms with E-state index in [0.29, 0.717) is 23.0 Å². The van der Waals surface area contributed by atoms with Crippen LogP contribution in [0.4, 0.5) is 5.69 Å². The topological polar surface area (TPSA) is 62.0 Å². The molecule has 3 aromatic carbocycles. The molecule has 0 fully saturated rings. The molecule has 1 amide bonds. The van der Waals surface area contributed by atoms with Crippen LogP contribution < -0.4 is 10.7 Å². The fourth-order valence-corrected chi connectivity index (χ4v) is 3.14. The third kappa shape index (κ3) is 3.51. The molecular weight excluding hydrogens is 336 g/mol. The van der Waals surface area contributed by atoms with Gasteiger partial charge in [0.05, 0.1) is 0 Å². The van der Waals surface area contributed by atoms with E-state index in [1.807, 2.05) is 66.7 Å². The number of aromatic nitrogens is 1. The Balaban J connectivity index is 1.64. The molecule has 4 nitrogen and oxygen atoms in total. The van der Waals surface area contributed by atoms with Gasteiger partial charge in [0.15, 0.2) is 0 Å². The van der Waals surface area contributed by atoms with E-state index < -0.39 is 5.91 Å². The van der Waals surface area contributed by atoms with Crippen molar-refractivity contribution in [1.82, 2.24) is 4.98 Å². The Morgan fingerprint density at radius 3 is 2.41 bits per heavy atom. The average molecular weight is 354 g/mol. The average Bonchev–Trinajstić information content (AvgIpc) is 2.71. The lowest BCUT2D eigenvalue weighted by molar-refractivity contribution is 0.102. The zero-order valence-corrected chi connectivity index (χ0v) is 14.6. The molecule has 0 saturated carbocycles. The van der Waals surface area contributed by atoms with Crippen LogP contribution in [0.25, 0.3) is 10.9 Å². The highest BCUT2D eigenvalue weighted by molar-refractivity contribution is 6.06. The van der Waals surface area contributed by atoms with Crippen LogP contribution in [0.3, 0.4) is 0 Å². The monoisotopic (exact) mass is 354 g/mol. The third-order valence-electron chi connectivity index (χ3n) is 4.54. The van der Waals surface area contributed by atoms with E-state index in [1.165, 1.54) is 6.20 Å². The van der Waals surface area contributed by atoms with E-state index in [-0.39, 0.29) is 11.0 Å². The molecule has 0 spiro atoms. The number of rotatable bonds is 4. The van der Waals surface area contributed by atoms with Crippen molar-refractivity contribution in [1.29, 1.82) is 0 Å². The summed E-state index contributed by atoms with van der Waals surface area (Å²) >= 11 is 0. The van der Waals surface area contributed by atoms with Crippen molar-refractivity contribution in [2.45, 2.75) is 6.42 Å². The summed E-state index contributed by atoms with van der Waals surface area (Å²) in [4.78, 5) is 28.4. The molecule has 0 saturated heterocycles. The summed E-state index contributed by atoms with van der Waals surface area (Å²) in [6.07, 6.45) is 2.17. The van der Waals surface area contributed by atoms with Crippen molar-refractivity contribution in [3.63, 3.8) is 0 Å². The van der Waals surface area contributed by atoms with Gasteiger partial charge >= 0.3 is 0 Å². The van der Waals surface area contributed by atoms with Gasteiger partial charge in [-0.25, -0.2) is 0 Å². The number of benzene rings is 3. The number of hydrogen-bond donors (Lipinski definition) is 2. The van der Waals surface area contributed by atoms with Gasteiger partial charge < -0.3 is 10.3 Å². The van der Waals surface area contributed by atoms with Crippen LogP contribution in [-0.4, -0.2) is 10.9 Å². The largest absolute Gasteiger partial charge is 0.360 e. The second-order valence-electron chi connectivity index (χ2n) is 6.35. The first-order chi connectivity index (χ1) is 13.2. The molecule has 4 aromatic rings. The smallest absolute Gasteiger partial charge is 0.261 e. The Morgan fingerprint density at radius 2 is 1.56 bits per heavy atom. The van der Waals surface area contributed by atoms with Crippen LogP contribution in [0, 0.1) is 0 Å². The lowest BCUT2D eigenvalue weighted by Crippen LogP contribution is -2.22. The van der Waals surface area contributed by atoms with E-state index >= 15 is 0 Å². The Bertz CT molecular complexity index is 1160. The molecular formula is C23H18N2O2. The maximum absolute atomic E-state index is 12.8. The van der Waals surface area contributed by atoms with Gasteiger partial charge in [-0.3, -0.25) is 9.59 Å². The number of nitrogens with one attached hydrogen (secondary N) is 2. The fraction of sp³-hybridized carbons (Fsp3) is 0.0435. The molecule has 4 rings (SSSR count). The van der Waals surface area contributed by atoms with E-state index in [2.05, 4.69) is 10.3 Å². The minimum absolute atomic E-state index is 0.100. The van der Waals surface area contributed by atoms with Crippen LogP contribution in [0.15, 0.2) is 89.9 Å². The number of anilines is 1. The molecule has 0 radical (unpaired) electrons. The predicted octanol–water partition coefficient (Wildman–Crippen LogP) is 4.37. The summed E-state index contributed by atoms with van der Waals surface area (Å²) in [6.45, 7) is 0. The van der Waals surface area contributed by atoms with Gasteiger partial charge in [0, 0.05) is 22.8 Å². The Kier molecular flexibility index (Phi) is 4.54. The van der Waals surface area contributed by atoms with Gasteiger partial charge in [0.25, 0.3) is 5.91 Å².